The van der Waals surface area contributed by atoms with Gasteiger partial charge in [-0.2, -0.15) is 0 Å². The van der Waals surface area contributed by atoms with Crippen molar-refractivity contribution in [2.45, 2.75) is 0 Å². The van der Waals surface area contributed by atoms with E-state index in [1.165, 1.54) is 19.2 Å². The van der Waals surface area contributed by atoms with Crippen LogP contribution in [0, 0.1) is 5.82 Å². The maximum absolute atomic E-state index is 13.1. The van der Waals surface area contributed by atoms with Crippen molar-refractivity contribution >= 4 is 11.6 Å². The molecule has 14 heavy (non-hydrogen) atoms. The maximum Gasteiger partial charge on any atom is 0.208 e. The van der Waals surface area contributed by atoms with Crippen LogP contribution in [0.15, 0.2) is 23.2 Å². The SMILES string of the molecule is COc1ccc(N=C(N)NN)cc1F. The van der Waals surface area contributed by atoms with Crippen LogP contribution in [0.25, 0.3) is 0 Å². The second-order valence-electron chi connectivity index (χ2n) is 2.46. The summed E-state index contributed by atoms with van der Waals surface area (Å²) >= 11 is 0. The molecule has 0 aliphatic carbocycles. The number of hydrogen-bond donors (Lipinski definition) is 3. The van der Waals surface area contributed by atoms with Crippen molar-refractivity contribution in [3.8, 4) is 5.75 Å². The summed E-state index contributed by atoms with van der Waals surface area (Å²) in [4.78, 5) is 3.78. The summed E-state index contributed by atoms with van der Waals surface area (Å²) < 4.78 is 17.9. The predicted molar refractivity (Wildman–Crippen MR) is 51.6 cm³/mol. The van der Waals surface area contributed by atoms with E-state index in [2.05, 4.69) is 10.4 Å². The lowest BCUT2D eigenvalue weighted by Crippen LogP contribution is -2.36. The maximum atomic E-state index is 13.1. The Labute approximate surface area is 80.5 Å². The molecule has 6 heteroatoms. The van der Waals surface area contributed by atoms with Crippen LogP contribution in [-0.4, -0.2) is 13.1 Å². The predicted octanol–water partition coefficient (Wildman–Crippen LogP) is 0.244. The Morgan fingerprint density at radius 2 is 2.29 bits per heavy atom. The van der Waals surface area contributed by atoms with Gasteiger partial charge in [-0.3, -0.25) is 5.43 Å². The highest BCUT2D eigenvalue weighted by atomic mass is 19.1. The van der Waals surface area contributed by atoms with Gasteiger partial charge in [0.25, 0.3) is 0 Å². The Morgan fingerprint density at radius 3 is 2.79 bits per heavy atom. The monoisotopic (exact) mass is 198 g/mol. The van der Waals surface area contributed by atoms with E-state index in [0.29, 0.717) is 5.69 Å². The molecule has 5 nitrogen and oxygen atoms in total. The number of nitrogens with two attached hydrogens (primary N) is 2. The van der Waals surface area contributed by atoms with Crippen LogP contribution in [0.2, 0.25) is 0 Å². The number of hydrogen-bond acceptors (Lipinski definition) is 3. The molecule has 1 rings (SSSR count). The molecule has 0 radical (unpaired) electrons. The molecule has 5 N–H and O–H groups in total. The van der Waals surface area contributed by atoms with Crippen LogP contribution in [0.3, 0.4) is 0 Å². The number of methoxy groups -OCH3 is 1. The van der Waals surface area contributed by atoms with Crippen LogP contribution >= 0.6 is 0 Å². The average molecular weight is 198 g/mol. The highest BCUT2D eigenvalue weighted by Gasteiger charge is 2.02. The molecule has 1 aromatic carbocycles. The molecule has 0 fully saturated rings. The third kappa shape index (κ3) is 2.33. The first-order valence-corrected chi connectivity index (χ1v) is 3.81. The molecule has 0 heterocycles. The number of nitrogens with one attached hydrogen (secondary N) is 1. The summed E-state index contributed by atoms with van der Waals surface area (Å²) in [5, 5.41) is 0. The molecule has 0 saturated heterocycles. The van der Waals surface area contributed by atoms with Crippen LogP contribution in [-0.2, 0) is 0 Å². The van der Waals surface area contributed by atoms with E-state index in [-0.39, 0.29) is 11.7 Å². The van der Waals surface area contributed by atoms with E-state index >= 15 is 0 Å². The first kappa shape index (κ1) is 10.3. The summed E-state index contributed by atoms with van der Waals surface area (Å²) in [5.41, 5.74) is 7.78. The van der Waals surface area contributed by atoms with Gasteiger partial charge < -0.3 is 10.5 Å². The lowest BCUT2D eigenvalue weighted by atomic mass is 10.3. The lowest BCUT2D eigenvalue weighted by Gasteiger charge is -2.02. The third-order valence-electron chi connectivity index (χ3n) is 1.53. The number of halogens is 1. The smallest absolute Gasteiger partial charge is 0.208 e. The van der Waals surface area contributed by atoms with Gasteiger partial charge in [0.05, 0.1) is 12.8 Å². The Bertz CT molecular complexity index is 353. The largest absolute Gasteiger partial charge is 0.494 e. The quantitative estimate of drug-likeness (QED) is 0.275. The van der Waals surface area contributed by atoms with Crippen molar-refractivity contribution in [2.24, 2.45) is 16.6 Å². The number of rotatable bonds is 2. The molecule has 0 aliphatic heterocycles. The van der Waals surface area contributed by atoms with Crippen LogP contribution in [0.1, 0.15) is 0 Å². The molecule has 1 aromatic rings. The Morgan fingerprint density at radius 1 is 1.57 bits per heavy atom. The number of aliphatic imine (C=N–C) groups is 1. The molecule has 0 amide bonds. The van der Waals surface area contributed by atoms with E-state index in [1.807, 2.05) is 0 Å². The van der Waals surface area contributed by atoms with E-state index in [9.17, 15) is 4.39 Å². The van der Waals surface area contributed by atoms with E-state index < -0.39 is 5.82 Å². The summed E-state index contributed by atoms with van der Waals surface area (Å²) in [6.45, 7) is 0. The minimum atomic E-state index is -0.501. The molecular formula is C8H11FN4O. The van der Waals surface area contributed by atoms with Gasteiger partial charge >= 0.3 is 0 Å². The molecular weight excluding hydrogens is 187 g/mol. The zero-order chi connectivity index (χ0) is 10.6. The first-order valence-electron chi connectivity index (χ1n) is 3.81. The van der Waals surface area contributed by atoms with Gasteiger partial charge in [-0.25, -0.2) is 15.2 Å². The van der Waals surface area contributed by atoms with Gasteiger partial charge in [0.1, 0.15) is 0 Å². The highest BCUT2D eigenvalue weighted by molar-refractivity contribution is 5.80. The topological polar surface area (TPSA) is 85.7 Å². The standard InChI is InChI=1S/C8H11FN4O/c1-14-7-3-2-5(4-6(7)9)12-8(10)13-11/h2-4H,11H2,1H3,(H3,10,12,13). The van der Waals surface area contributed by atoms with Gasteiger partial charge in [0.15, 0.2) is 11.6 Å². The molecule has 0 atom stereocenters. The van der Waals surface area contributed by atoms with Gasteiger partial charge in [-0.15, -0.1) is 0 Å². The van der Waals surface area contributed by atoms with Crippen LogP contribution < -0.4 is 21.7 Å². The molecule has 0 aliphatic rings. The van der Waals surface area contributed by atoms with Crippen molar-refractivity contribution in [2.75, 3.05) is 7.11 Å². The van der Waals surface area contributed by atoms with Crippen molar-refractivity contribution in [1.82, 2.24) is 5.43 Å². The molecule has 0 saturated carbocycles. The normalized spacial score (nSPS) is 11.2. The first-order chi connectivity index (χ1) is 6.67. The second-order valence-corrected chi connectivity index (χ2v) is 2.46. The van der Waals surface area contributed by atoms with Gasteiger partial charge in [0, 0.05) is 6.07 Å². The third-order valence-corrected chi connectivity index (χ3v) is 1.53. The second kappa shape index (κ2) is 4.43. The fourth-order valence-electron chi connectivity index (χ4n) is 0.896. The van der Waals surface area contributed by atoms with Gasteiger partial charge in [-0.1, -0.05) is 0 Å². The van der Waals surface area contributed by atoms with E-state index in [4.69, 9.17) is 16.3 Å². The van der Waals surface area contributed by atoms with E-state index in [1.54, 1.807) is 6.07 Å². The Hall–Kier alpha value is -1.82. The van der Waals surface area contributed by atoms with Crippen molar-refractivity contribution in [3.63, 3.8) is 0 Å². The van der Waals surface area contributed by atoms with Crippen LogP contribution in [0.5, 0.6) is 5.75 Å². The summed E-state index contributed by atoms with van der Waals surface area (Å²) in [6, 6.07) is 4.22. The lowest BCUT2D eigenvalue weighted by molar-refractivity contribution is 0.386. The summed E-state index contributed by atoms with van der Waals surface area (Å²) in [6.07, 6.45) is 0. The van der Waals surface area contributed by atoms with Crippen molar-refractivity contribution in [3.05, 3.63) is 24.0 Å². The highest BCUT2D eigenvalue weighted by Crippen LogP contribution is 2.22. The number of ether oxygens (including phenoxy) is 1. The summed E-state index contributed by atoms with van der Waals surface area (Å²) in [7, 11) is 1.39. The fraction of sp³-hybridized carbons (Fsp3) is 0.125. The Kier molecular flexibility index (Phi) is 3.24. The minimum absolute atomic E-state index is 0.00886. The van der Waals surface area contributed by atoms with E-state index in [0.717, 1.165) is 0 Å². The number of nitrogens with zero attached hydrogens (tertiary/aromatic N) is 1. The van der Waals surface area contributed by atoms with Crippen LogP contribution in [0.4, 0.5) is 10.1 Å². The van der Waals surface area contributed by atoms with Crippen molar-refractivity contribution < 1.29 is 9.13 Å². The number of guanidine groups is 1. The molecule has 0 bridgehead atoms. The number of hydrazine groups is 1. The van der Waals surface area contributed by atoms with Gasteiger partial charge in [0.2, 0.25) is 5.96 Å². The fourth-order valence-corrected chi connectivity index (χ4v) is 0.896. The zero-order valence-electron chi connectivity index (χ0n) is 7.62. The van der Waals surface area contributed by atoms with Crippen molar-refractivity contribution in [1.29, 1.82) is 0 Å². The average Bonchev–Trinajstić information content (AvgIpc) is 2.18. The molecule has 0 spiro atoms. The van der Waals surface area contributed by atoms with Gasteiger partial charge in [-0.05, 0) is 12.1 Å². The summed E-state index contributed by atoms with van der Waals surface area (Å²) in [5.74, 6) is 4.65. The zero-order valence-corrected chi connectivity index (χ0v) is 7.62. The molecule has 0 unspecified atom stereocenters. The Balaban J connectivity index is 2.97. The molecule has 76 valence electrons. The number of benzene rings is 1. The molecule has 0 aromatic heterocycles. The minimum Gasteiger partial charge on any atom is -0.494 e.